The molecule has 156 valence electrons. The number of hydrogen-bond acceptors (Lipinski definition) is 4. The number of fused-ring (bicyclic) bond motifs is 1. The Bertz CT molecular complexity index is 1280. The van der Waals surface area contributed by atoms with E-state index in [2.05, 4.69) is 0 Å². The van der Waals surface area contributed by atoms with E-state index in [1.165, 1.54) is 54.6 Å². The fourth-order valence-electron chi connectivity index (χ4n) is 2.87. The molecule has 4 rings (SSSR count). The minimum Gasteiger partial charge on any atom is -0.448 e. The third-order valence-electron chi connectivity index (χ3n) is 4.30. The van der Waals surface area contributed by atoms with Gasteiger partial charge in [-0.05, 0) is 54.6 Å². The SMILES string of the molecule is O=C1C(Oc2ccc(Cl)cc2Cl)=C(Oc2ccc(Cl)cc2Cl)C(=O)c2cc(Cl)ccc21. The Labute approximate surface area is 201 Å². The summed E-state index contributed by atoms with van der Waals surface area (Å²) in [5.41, 5.74) is 0.191. The number of rotatable bonds is 4. The number of benzene rings is 3. The first-order chi connectivity index (χ1) is 14.7. The number of ketones is 2. The zero-order chi connectivity index (χ0) is 22.3. The largest absolute Gasteiger partial charge is 0.448 e. The lowest BCUT2D eigenvalue weighted by Crippen LogP contribution is -2.28. The maximum Gasteiger partial charge on any atom is 0.233 e. The lowest BCUT2D eigenvalue weighted by atomic mass is 9.92. The Morgan fingerprint density at radius 3 is 1.42 bits per heavy atom. The van der Waals surface area contributed by atoms with Gasteiger partial charge < -0.3 is 9.47 Å². The fraction of sp³-hybridized carbons (Fsp3) is 0. The summed E-state index contributed by atoms with van der Waals surface area (Å²) < 4.78 is 11.5. The molecule has 1 aliphatic rings. The van der Waals surface area contributed by atoms with Gasteiger partial charge in [-0.3, -0.25) is 9.59 Å². The summed E-state index contributed by atoms with van der Waals surface area (Å²) in [6, 6.07) is 13.2. The zero-order valence-electron chi connectivity index (χ0n) is 15.2. The summed E-state index contributed by atoms with van der Waals surface area (Å²) in [7, 11) is 0. The van der Waals surface area contributed by atoms with E-state index in [0.29, 0.717) is 10.0 Å². The number of allylic oxidation sites excluding steroid dienone is 2. The van der Waals surface area contributed by atoms with Crippen LogP contribution in [-0.2, 0) is 0 Å². The molecule has 0 saturated carbocycles. The topological polar surface area (TPSA) is 52.6 Å². The van der Waals surface area contributed by atoms with Crippen LogP contribution in [0.15, 0.2) is 66.1 Å². The molecule has 0 spiro atoms. The molecule has 4 nitrogen and oxygen atoms in total. The van der Waals surface area contributed by atoms with Crippen molar-refractivity contribution < 1.29 is 19.1 Å². The highest BCUT2D eigenvalue weighted by molar-refractivity contribution is 6.36. The zero-order valence-corrected chi connectivity index (χ0v) is 19.0. The van der Waals surface area contributed by atoms with Crippen molar-refractivity contribution in [1.29, 1.82) is 0 Å². The average Bonchev–Trinajstić information content (AvgIpc) is 2.71. The highest BCUT2D eigenvalue weighted by atomic mass is 35.5. The fourth-order valence-corrected chi connectivity index (χ4v) is 3.94. The molecule has 0 radical (unpaired) electrons. The van der Waals surface area contributed by atoms with Crippen molar-refractivity contribution >= 4 is 69.6 Å². The highest BCUT2D eigenvalue weighted by Gasteiger charge is 2.37. The first-order valence-electron chi connectivity index (χ1n) is 8.63. The van der Waals surface area contributed by atoms with Crippen LogP contribution < -0.4 is 9.47 Å². The molecular weight excluding hydrogens is 506 g/mol. The maximum absolute atomic E-state index is 13.2. The van der Waals surface area contributed by atoms with E-state index in [0.717, 1.165) is 0 Å². The average molecular weight is 515 g/mol. The summed E-state index contributed by atoms with van der Waals surface area (Å²) in [6.45, 7) is 0. The third kappa shape index (κ3) is 4.40. The van der Waals surface area contributed by atoms with Crippen LogP contribution in [0.2, 0.25) is 25.1 Å². The minimum atomic E-state index is -0.608. The van der Waals surface area contributed by atoms with Crippen molar-refractivity contribution in [3.05, 3.63) is 102 Å². The molecule has 0 aliphatic heterocycles. The van der Waals surface area contributed by atoms with Gasteiger partial charge in [-0.15, -0.1) is 0 Å². The van der Waals surface area contributed by atoms with Gasteiger partial charge in [0.2, 0.25) is 23.1 Å². The standard InChI is InChI=1S/C22H9Cl5O4/c23-10-1-4-13-14(7-10)20(29)22(31-18-6-3-12(25)9-16(18)27)21(19(13)28)30-17-5-2-11(24)8-15(17)26/h1-9H. The lowest BCUT2D eigenvalue weighted by Gasteiger charge is -2.22. The molecule has 3 aromatic rings. The van der Waals surface area contributed by atoms with Crippen molar-refractivity contribution in [2.45, 2.75) is 0 Å². The van der Waals surface area contributed by atoms with Crippen LogP contribution in [0.5, 0.6) is 11.5 Å². The van der Waals surface area contributed by atoms with Crippen LogP contribution in [-0.4, -0.2) is 11.6 Å². The van der Waals surface area contributed by atoms with Gasteiger partial charge in [0, 0.05) is 26.2 Å². The maximum atomic E-state index is 13.2. The van der Waals surface area contributed by atoms with E-state index >= 15 is 0 Å². The predicted octanol–water partition coefficient (Wildman–Crippen LogP) is 7.70. The summed E-state index contributed by atoms with van der Waals surface area (Å²) in [6.07, 6.45) is 0. The molecule has 0 saturated heterocycles. The summed E-state index contributed by atoms with van der Waals surface area (Å²) in [4.78, 5) is 26.5. The summed E-state index contributed by atoms with van der Waals surface area (Å²) >= 11 is 30.2. The summed E-state index contributed by atoms with van der Waals surface area (Å²) in [5, 5.41) is 1.32. The number of halogens is 5. The molecule has 0 unspecified atom stereocenters. The van der Waals surface area contributed by atoms with Crippen LogP contribution in [0.3, 0.4) is 0 Å². The predicted molar refractivity (Wildman–Crippen MR) is 121 cm³/mol. The van der Waals surface area contributed by atoms with E-state index in [-0.39, 0.29) is 49.2 Å². The molecule has 0 N–H and O–H groups in total. The number of Topliss-reactive ketones (excluding diaryl/α,β-unsaturated/α-hetero) is 2. The molecule has 0 atom stereocenters. The van der Waals surface area contributed by atoms with Crippen molar-refractivity contribution in [2.24, 2.45) is 0 Å². The molecule has 0 amide bonds. The first-order valence-corrected chi connectivity index (χ1v) is 10.5. The van der Waals surface area contributed by atoms with Crippen molar-refractivity contribution in [3.63, 3.8) is 0 Å². The van der Waals surface area contributed by atoms with Crippen molar-refractivity contribution in [1.82, 2.24) is 0 Å². The van der Waals surface area contributed by atoms with Crippen LogP contribution in [0.25, 0.3) is 0 Å². The van der Waals surface area contributed by atoms with Crippen LogP contribution in [0.1, 0.15) is 20.7 Å². The molecule has 0 heterocycles. The van der Waals surface area contributed by atoms with Gasteiger partial charge in [-0.25, -0.2) is 0 Å². The Balaban J connectivity index is 1.86. The Kier molecular flexibility index (Phi) is 6.20. The molecule has 1 aliphatic carbocycles. The van der Waals surface area contributed by atoms with E-state index in [4.69, 9.17) is 67.5 Å². The minimum absolute atomic E-state index is 0.0761. The lowest BCUT2D eigenvalue weighted by molar-refractivity contribution is 0.0897. The van der Waals surface area contributed by atoms with E-state index in [9.17, 15) is 9.59 Å². The normalized spacial score (nSPS) is 13.3. The molecule has 0 bridgehead atoms. The molecule has 0 fully saturated rings. The summed E-state index contributed by atoms with van der Waals surface area (Å²) in [5.74, 6) is -1.69. The molecule has 9 heteroatoms. The van der Waals surface area contributed by atoms with Crippen LogP contribution in [0, 0.1) is 0 Å². The van der Waals surface area contributed by atoms with Gasteiger partial charge in [0.15, 0.2) is 0 Å². The number of carbonyl (C=O) groups excluding carboxylic acids is 2. The van der Waals surface area contributed by atoms with Gasteiger partial charge in [0.25, 0.3) is 0 Å². The highest BCUT2D eigenvalue weighted by Crippen LogP contribution is 2.36. The van der Waals surface area contributed by atoms with Crippen molar-refractivity contribution in [2.75, 3.05) is 0 Å². The Hall–Kier alpha value is -2.21. The smallest absolute Gasteiger partial charge is 0.233 e. The van der Waals surface area contributed by atoms with Gasteiger partial charge in [0.05, 0.1) is 10.0 Å². The molecule has 31 heavy (non-hydrogen) atoms. The van der Waals surface area contributed by atoms with Crippen molar-refractivity contribution in [3.8, 4) is 11.5 Å². The Morgan fingerprint density at radius 2 is 0.935 bits per heavy atom. The van der Waals surface area contributed by atoms with Crippen LogP contribution in [0.4, 0.5) is 0 Å². The second-order valence-electron chi connectivity index (χ2n) is 6.36. The number of carbonyl (C=O) groups is 2. The van der Waals surface area contributed by atoms with Gasteiger partial charge in [-0.1, -0.05) is 58.0 Å². The van der Waals surface area contributed by atoms with E-state index < -0.39 is 11.6 Å². The van der Waals surface area contributed by atoms with E-state index in [1.807, 2.05) is 0 Å². The number of hydrogen-bond donors (Lipinski definition) is 0. The first kappa shape index (κ1) is 22.0. The van der Waals surface area contributed by atoms with Crippen LogP contribution >= 0.6 is 58.0 Å². The number of ether oxygens (including phenoxy) is 2. The quantitative estimate of drug-likeness (QED) is 0.358. The molecular formula is C22H9Cl5O4. The molecule has 0 aromatic heterocycles. The third-order valence-corrected chi connectivity index (χ3v) is 5.60. The second-order valence-corrected chi connectivity index (χ2v) is 8.48. The van der Waals surface area contributed by atoms with Gasteiger partial charge in [-0.2, -0.15) is 0 Å². The monoisotopic (exact) mass is 512 g/mol. The van der Waals surface area contributed by atoms with Gasteiger partial charge in [0.1, 0.15) is 11.5 Å². The van der Waals surface area contributed by atoms with Gasteiger partial charge >= 0.3 is 0 Å². The molecule has 3 aromatic carbocycles. The Morgan fingerprint density at radius 1 is 0.516 bits per heavy atom. The van der Waals surface area contributed by atoms with E-state index in [1.54, 1.807) is 0 Å². The second kappa shape index (κ2) is 8.73.